The first kappa shape index (κ1) is 22.4. The first-order chi connectivity index (χ1) is 14.8. The van der Waals surface area contributed by atoms with Gasteiger partial charge in [0.25, 0.3) is 5.91 Å². The zero-order valence-corrected chi connectivity index (χ0v) is 17.2. The summed E-state index contributed by atoms with van der Waals surface area (Å²) in [6.45, 7) is 0.682. The number of amidine groups is 1. The van der Waals surface area contributed by atoms with E-state index in [9.17, 15) is 18.0 Å². The van der Waals surface area contributed by atoms with Crippen LogP contribution in [-0.4, -0.2) is 39.6 Å². The number of amides is 1. The lowest BCUT2D eigenvalue weighted by Gasteiger charge is -2.34. The maximum absolute atomic E-state index is 14.6. The van der Waals surface area contributed by atoms with Crippen molar-refractivity contribution in [3.8, 4) is 18.2 Å². The number of alkyl halides is 1. The molecule has 0 spiro atoms. The smallest absolute Gasteiger partial charge is 0.275 e. The summed E-state index contributed by atoms with van der Waals surface area (Å²) in [4.78, 5) is 24.3. The molecule has 0 saturated carbocycles. The molecule has 0 saturated heterocycles. The van der Waals surface area contributed by atoms with Gasteiger partial charge in [-0.05, 0) is 12.5 Å². The number of halogens is 3. The van der Waals surface area contributed by atoms with Crippen molar-refractivity contribution in [3.63, 3.8) is 0 Å². The molecule has 0 fully saturated rings. The minimum Gasteiger partial charge on any atom is -0.463 e. The summed E-state index contributed by atoms with van der Waals surface area (Å²) in [6, 6.07) is 1.93. The van der Waals surface area contributed by atoms with Crippen molar-refractivity contribution in [1.29, 1.82) is 0 Å². The van der Waals surface area contributed by atoms with Crippen molar-refractivity contribution in [3.05, 3.63) is 47.4 Å². The number of aromatic nitrogens is 2. The molecule has 1 aliphatic rings. The Kier molecular flexibility index (Phi) is 6.70. The number of nitrogens with two attached hydrogens (primary N) is 1. The van der Waals surface area contributed by atoms with E-state index in [1.54, 1.807) is 6.92 Å². The van der Waals surface area contributed by atoms with E-state index in [0.717, 1.165) is 18.3 Å². The Hall–Kier alpha value is -3.26. The molecule has 1 aromatic heterocycles. The number of hydrogen-bond donors (Lipinski definition) is 2. The summed E-state index contributed by atoms with van der Waals surface area (Å²) in [6.07, 6.45) is 7.51. The van der Waals surface area contributed by atoms with Gasteiger partial charge in [-0.25, -0.2) is 28.1 Å². The Morgan fingerprint density at radius 1 is 1.42 bits per heavy atom. The van der Waals surface area contributed by atoms with Gasteiger partial charge >= 0.3 is 0 Å². The third kappa shape index (κ3) is 4.91. The van der Waals surface area contributed by atoms with Gasteiger partial charge in [0, 0.05) is 22.6 Å². The summed E-state index contributed by atoms with van der Waals surface area (Å²) in [5, 5.41) is 2.31. The van der Waals surface area contributed by atoms with Crippen LogP contribution in [0.2, 0.25) is 0 Å². The lowest BCUT2D eigenvalue weighted by Crippen LogP contribution is -2.37. The Morgan fingerprint density at radius 2 is 2.19 bits per heavy atom. The molecular weight excluding hydrogens is 431 g/mol. The van der Waals surface area contributed by atoms with Crippen molar-refractivity contribution < 1.29 is 22.7 Å². The van der Waals surface area contributed by atoms with Crippen LogP contribution < -0.4 is 15.8 Å². The highest BCUT2D eigenvalue weighted by Crippen LogP contribution is 2.42. The van der Waals surface area contributed by atoms with E-state index in [-0.39, 0.29) is 46.3 Å². The minimum absolute atomic E-state index is 0.0156. The van der Waals surface area contributed by atoms with Crippen molar-refractivity contribution in [2.75, 3.05) is 18.6 Å². The standard InChI is InChI=1S/C20H18F3N5O2S/c1-3-4-30-16-9-25-15(8-26-16)18(29)27-12-5-13(17(23)14(22)6-12)20(10-21)7-11(2)31-19(24)28-20/h1,5-6,8-9,11H,4,7,10H2,2H3,(H2,24,28)(H,27,29)/t11?,20-/m1/s1. The molecule has 0 bridgehead atoms. The molecule has 1 amide bonds. The molecular formula is C20H18F3N5O2S. The minimum atomic E-state index is -1.68. The third-order valence-electron chi connectivity index (χ3n) is 4.44. The fraction of sp³-hybridized carbons (Fsp3) is 0.300. The molecule has 7 nitrogen and oxygen atoms in total. The lowest BCUT2D eigenvalue weighted by molar-refractivity contribution is 0.102. The van der Waals surface area contributed by atoms with Crippen molar-refractivity contribution in [2.24, 2.45) is 10.7 Å². The molecule has 1 aromatic carbocycles. The number of rotatable bonds is 6. The molecule has 31 heavy (non-hydrogen) atoms. The Morgan fingerprint density at radius 3 is 2.81 bits per heavy atom. The predicted octanol–water partition coefficient (Wildman–Crippen LogP) is 3.02. The van der Waals surface area contributed by atoms with Crippen molar-refractivity contribution >= 4 is 28.5 Å². The zero-order valence-electron chi connectivity index (χ0n) is 16.4. The molecule has 162 valence electrons. The highest BCUT2D eigenvalue weighted by molar-refractivity contribution is 8.14. The third-order valence-corrected chi connectivity index (χ3v) is 5.35. The van der Waals surface area contributed by atoms with Crippen LogP contribution in [0.3, 0.4) is 0 Å². The first-order valence-corrected chi connectivity index (χ1v) is 9.93. The van der Waals surface area contributed by atoms with Crippen LogP contribution in [0.1, 0.15) is 29.4 Å². The molecule has 11 heteroatoms. The van der Waals surface area contributed by atoms with Crippen LogP contribution in [0.15, 0.2) is 29.5 Å². The highest BCUT2D eigenvalue weighted by Gasteiger charge is 2.41. The van der Waals surface area contributed by atoms with Gasteiger partial charge in [-0.2, -0.15) is 0 Å². The second-order valence-electron chi connectivity index (χ2n) is 6.75. The Balaban J connectivity index is 1.90. The van der Waals surface area contributed by atoms with E-state index in [4.69, 9.17) is 16.9 Å². The number of nitrogens with zero attached hydrogens (tertiary/aromatic N) is 3. The molecule has 2 heterocycles. The highest BCUT2D eigenvalue weighted by atomic mass is 32.2. The van der Waals surface area contributed by atoms with Gasteiger partial charge < -0.3 is 15.8 Å². The fourth-order valence-electron chi connectivity index (χ4n) is 3.15. The summed E-state index contributed by atoms with van der Waals surface area (Å²) in [5.41, 5.74) is 3.55. The summed E-state index contributed by atoms with van der Waals surface area (Å²) in [7, 11) is 0. The van der Waals surface area contributed by atoms with Gasteiger partial charge in [0.2, 0.25) is 5.88 Å². The number of thioether (sulfide) groups is 1. The van der Waals surface area contributed by atoms with Crippen LogP contribution in [0.5, 0.6) is 5.88 Å². The molecule has 0 aliphatic carbocycles. The van der Waals surface area contributed by atoms with Gasteiger partial charge in [-0.1, -0.05) is 24.6 Å². The zero-order chi connectivity index (χ0) is 22.6. The van der Waals surface area contributed by atoms with E-state index in [0.29, 0.717) is 0 Å². The molecule has 1 aliphatic heterocycles. The largest absolute Gasteiger partial charge is 0.463 e. The van der Waals surface area contributed by atoms with Gasteiger partial charge in [0.15, 0.2) is 23.4 Å². The Bertz CT molecular complexity index is 1060. The van der Waals surface area contributed by atoms with E-state index in [2.05, 4.69) is 26.2 Å². The van der Waals surface area contributed by atoms with Crippen LogP contribution >= 0.6 is 11.8 Å². The van der Waals surface area contributed by atoms with Crippen molar-refractivity contribution in [2.45, 2.75) is 24.1 Å². The maximum Gasteiger partial charge on any atom is 0.275 e. The van der Waals surface area contributed by atoms with E-state index in [1.165, 1.54) is 18.0 Å². The van der Waals surface area contributed by atoms with Crippen LogP contribution in [-0.2, 0) is 5.54 Å². The van der Waals surface area contributed by atoms with Crippen LogP contribution in [0, 0.1) is 24.0 Å². The molecule has 3 rings (SSSR count). The number of nitrogens with one attached hydrogen (secondary N) is 1. The average molecular weight is 449 g/mol. The monoisotopic (exact) mass is 449 g/mol. The summed E-state index contributed by atoms with van der Waals surface area (Å²) >= 11 is 1.22. The second kappa shape index (κ2) is 9.26. The second-order valence-corrected chi connectivity index (χ2v) is 8.21. The van der Waals surface area contributed by atoms with Crippen LogP contribution in [0.25, 0.3) is 0 Å². The molecule has 3 N–H and O–H groups in total. The topological polar surface area (TPSA) is 102 Å². The molecule has 2 atom stereocenters. The van der Waals surface area contributed by atoms with Gasteiger partial charge in [-0.15, -0.1) is 6.42 Å². The van der Waals surface area contributed by atoms with Gasteiger partial charge in [0.1, 0.15) is 17.9 Å². The lowest BCUT2D eigenvalue weighted by atomic mass is 9.86. The normalized spacial score (nSPS) is 20.5. The predicted molar refractivity (Wildman–Crippen MR) is 112 cm³/mol. The number of ether oxygens (including phenoxy) is 1. The number of carbonyl (C=O) groups excluding carboxylic acids is 1. The maximum atomic E-state index is 14.6. The fourth-order valence-corrected chi connectivity index (χ4v) is 4.15. The number of aliphatic imine (C=N–C) groups is 1. The number of terminal acetylenes is 1. The summed E-state index contributed by atoms with van der Waals surface area (Å²) in [5.74, 6) is -0.866. The van der Waals surface area contributed by atoms with E-state index < -0.39 is 29.8 Å². The molecule has 2 aromatic rings. The number of anilines is 1. The number of benzene rings is 1. The van der Waals surface area contributed by atoms with Crippen molar-refractivity contribution in [1.82, 2.24) is 9.97 Å². The van der Waals surface area contributed by atoms with Gasteiger partial charge in [-0.3, -0.25) is 4.79 Å². The SMILES string of the molecule is C#CCOc1cnc(C(=O)Nc2cc(F)c(F)c([C@]3(CF)CC(C)SC(N)=N3)c2)cn1. The van der Waals surface area contributed by atoms with Crippen LogP contribution in [0.4, 0.5) is 18.9 Å². The van der Waals surface area contributed by atoms with Gasteiger partial charge in [0.05, 0.1) is 12.4 Å². The van der Waals surface area contributed by atoms with E-state index >= 15 is 0 Å². The number of hydrogen-bond acceptors (Lipinski definition) is 7. The number of carbonyl (C=O) groups is 1. The average Bonchev–Trinajstić information content (AvgIpc) is 2.74. The van der Waals surface area contributed by atoms with E-state index in [1.807, 2.05) is 0 Å². The summed E-state index contributed by atoms with van der Waals surface area (Å²) < 4.78 is 48.1. The first-order valence-electron chi connectivity index (χ1n) is 9.05. The quantitative estimate of drug-likeness (QED) is 0.658. The molecule has 1 unspecified atom stereocenters. The Labute approximate surface area is 180 Å². The molecule has 0 radical (unpaired) electrons.